The van der Waals surface area contributed by atoms with E-state index < -0.39 is 0 Å². The number of oxazole rings is 1. The summed E-state index contributed by atoms with van der Waals surface area (Å²) in [6, 6.07) is 3.67. The van der Waals surface area contributed by atoms with Crippen molar-refractivity contribution in [1.82, 2.24) is 19.9 Å². The van der Waals surface area contributed by atoms with Crippen LogP contribution in [0.3, 0.4) is 0 Å². The van der Waals surface area contributed by atoms with Crippen molar-refractivity contribution in [3.05, 3.63) is 59.5 Å². The van der Waals surface area contributed by atoms with Crippen molar-refractivity contribution in [2.75, 3.05) is 30.3 Å². The number of aryl methyl sites for hydroxylation is 1. The quantitative estimate of drug-likeness (QED) is 0.214. The molecule has 198 valence electrons. The molecule has 0 radical (unpaired) electrons. The molecule has 0 aromatic carbocycles. The van der Waals surface area contributed by atoms with Crippen LogP contribution < -0.4 is 10.6 Å². The predicted molar refractivity (Wildman–Crippen MR) is 152 cm³/mol. The SMILES string of the molecule is C/C=C(\C=C/C(=CCC)CC)CNc1nc(C)c(-c2nc3ncccc3o2)c(NCCC(CC)CO)n1. The van der Waals surface area contributed by atoms with Gasteiger partial charge in [-0.25, -0.2) is 9.97 Å². The number of nitrogens with one attached hydrogen (secondary N) is 2. The van der Waals surface area contributed by atoms with E-state index >= 15 is 0 Å². The number of anilines is 2. The van der Waals surface area contributed by atoms with E-state index in [1.165, 1.54) is 5.57 Å². The maximum atomic E-state index is 9.58. The lowest BCUT2D eigenvalue weighted by Crippen LogP contribution is -2.15. The standard InChI is InChI=1S/C29H40N6O2/c1-6-11-21(7-2)13-14-22(8-3)18-32-29-33-20(5)25(27(35-29)31-17-15-23(9-4)19-36)28-34-26-24(37-28)12-10-16-30-26/h8,10-14,16,23,36H,6-7,9,15,17-19H2,1-5H3,(H2,31,32,33,35)/b14-13-,21-11?,22-8+. The largest absolute Gasteiger partial charge is 0.434 e. The van der Waals surface area contributed by atoms with Gasteiger partial charge in [0.25, 0.3) is 0 Å². The first kappa shape index (κ1) is 28.1. The van der Waals surface area contributed by atoms with Crippen molar-refractivity contribution < 1.29 is 9.52 Å². The Balaban J connectivity index is 1.86. The number of aliphatic hydroxyl groups is 1. The summed E-state index contributed by atoms with van der Waals surface area (Å²) >= 11 is 0. The van der Waals surface area contributed by atoms with Crippen LogP contribution in [-0.2, 0) is 0 Å². The molecule has 0 aliphatic rings. The zero-order valence-electron chi connectivity index (χ0n) is 22.7. The first-order chi connectivity index (χ1) is 18.0. The van der Waals surface area contributed by atoms with Crippen LogP contribution in [-0.4, -0.2) is 44.7 Å². The summed E-state index contributed by atoms with van der Waals surface area (Å²) < 4.78 is 6.01. The van der Waals surface area contributed by atoms with Crippen LogP contribution >= 0.6 is 0 Å². The molecule has 0 spiro atoms. The molecule has 3 aromatic heterocycles. The first-order valence-electron chi connectivity index (χ1n) is 13.2. The second-order valence-electron chi connectivity index (χ2n) is 8.96. The summed E-state index contributed by atoms with van der Waals surface area (Å²) in [5.41, 5.74) is 5.09. The molecule has 0 amide bonds. The molecule has 1 unspecified atom stereocenters. The second kappa shape index (κ2) is 14.3. The zero-order chi connectivity index (χ0) is 26.6. The number of rotatable bonds is 14. The van der Waals surface area contributed by atoms with Crippen LogP contribution in [0.5, 0.6) is 0 Å². The average molecular weight is 505 g/mol. The molecule has 3 rings (SSSR count). The fourth-order valence-electron chi connectivity index (χ4n) is 3.98. The van der Waals surface area contributed by atoms with E-state index in [-0.39, 0.29) is 12.5 Å². The number of fused-ring (bicyclic) bond motifs is 1. The van der Waals surface area contributed by atoms with E-state index in [4.69, 9.17) is 14.4 Å². The number of hydrogen-bond donors (Lipinski definition) is 3. The zero-order valence-corrected chi connectivity index (χ0v) is 22.7. The Morgan fingerprint density at radius 2 is 1.92 bits per heavy atom. The van der Waals surface area contributed by atoms with Gasteiger partial charge in [0.05, 0.1) is 5.69 Å². The summed E-state index contributed by atoms with van der Waals surface area (Å²) in [5, 5.41) is 16.4. The van der Waals surface area contributed by atoms with E-state index in [2.05, 4.69) is 65.7 Å². The van der Waals surface area contributed by atoms with Crippen molar-refractivity contribution >= 4 is 23.0 Å². The van der Waals surface area contributed by atoms with E-state index in [1.54, 1.807) is 6.20 Å². The second-order valence-corrected chi connectivity index (χ2v) is 8.96. The van der Waals surface area contributed by atoms with E-state index in [0.717, 1.165) is 37.0 Å². The number of aliphatic hydroxyl groups excluding tert-OH is 1. The normalized spacial score (nSPS) is 13.5. The molecule has 0 saturated carbocycles. The molecule has 3 N–H and O–H groups in total. The molecule has 8 heteroatoms. The van der Waals surface area contributed by atoms with Crippen molar-refractivity contribution in [1.29, 1.82) is 0 Å². The number of allylic oxidation sites excluding steroid dienone is 4. The number of nitrogens with zero attached hydrogens (tertiary/aromatic N) is 4. The summed E-state index contributed by atoms with van der Waals surface area (Å²) in [6.07, 6.45) is 14.1. The predicted octanol–water partition coefficient (Wildman–Crippen LogP) is 6.47. The van der Waals surface area contributed by atoms with Crippen LogP contribution in [0.25, 0.3) is 22.7 Å². The van der Waals surface area contributed by atoms with Crippen molar-refractivity contribution in [3.63, 3.8) is 0 Å². The van der Waals surface area contributed by atoms with E-state index in [9.17, 15) is 5.11 Å². The minimum Gasteiger partial charge on any atom is -0.434 e. The molecule has 0 aliphatic carbocycles. The van der Waals surface area contributed by atoms with Gasteiger partial charge in [-0.2, -0.15) is 9.97 Å². The summed E-state index contributed by atoms with van der Waals surface area (Å²) in [7, 11) is 0. The van der Waals surface area contributed by atoms with E-state index in [0.29, 0.717) is 47.5 Å². The summed E-state index contributed by atoms with van der Waals surface area (Å²) in [4.78, 5) is 18.4. The molecule has 0 saturated heterocycles. The van der Waals surface area contributed by atoms with Crippen LogP contribution in [0.2, 0.25) is 0 Å². The van der Waals surface area contributed by atoms with Gasteiger partial charge in [-0.3, -0.25) is 0 Å². The minimum absolute atomic E-state index is 0.171. The molecule has 0 bridgehead atoms. The smallest absolute Gasteiger partial charge is 0.234 e. The van der Waals surface area contributed by atoms with Crippen LogP contribution in [0.1, 0.15) is 59.1 Å². The molecule has 3 heterocycles. The van der Waals surface area contributed by atoms with Gasteiger partial charge in [0.15, 0.2) is 11.2 Å². The highest BCUT2D eigenvalue weighted by Gasteiger charge is 2.20. The summed E-state index contributed by atoms with van der Waals surface area (Å²) in [5.74, 6) is 1.84. The Morgan fingerprint density at radius 1 is 1.11 bits per heavy atom. The molecule has 8 nitrogen and oxygen atoms in total. The highest BCUT2D eigenvalue weighted by molar-refractivity contribution is 5.78. The average Bonchev–Trinajstić information content (AvgIpc) is 3.34. The molecule has 1 atom stereocenters. The lowest BCUT2D eigenvalue weighted by molar-refractivity contribution is 0.217. The Kier molecular flexibility index (Phi) is 10.8. The van der Waals surface area contributed by atoms with Gasteiger partial charge in [-0.05, 0) is 56.7 Å². The highest BCUT2D eigenvalue weighted by Crippen LogP contribution is 2.32. The molecule has 3 aromatic rings. The molecular formula is C29H40N6O2. The maximum absolute atomic E-state index is 9.58. The lowest BCUT2D eigenvalue weighted by Gasteiger charge is -2.16. The fourth-order valence-corrected chi connectivity index (χ4v) is 3.98. The van der Waals surface area contributed by atoms with Crippen molar-refractivity contribution in [2.45, 2.75) is 60.3 Å². The fraction of sp³-hybridized carbons (Fsp3) is 0.448. The van der Waals surface area contributed by atoms with Gasteiger partial charge in [0, 0.05) is 25.9 Å². The van der Waals surface area contributed by atoms with Crippen LogP contribution in [0.15, 0.2) is 58.2 Å². The van der Waals surface area contributed by atoms with Gasteiger partial charge in [-0.15, -0.1) is 0 Å². The summed E-state index contributed by atoms with van der Waals surface area (Å²) in [6.45, 7) is 11.8. The van der Waals surface area contributed by atoms with Crippen LogP contribution in [0.4, 0.5) is 11.8 Å². The molecular weight excluding hydrogens is 464 g/mol. The Bertz CT molecular complexity index is 1210. The van der Waals surface area contributed by atoms with Gasteiger partial charge >= 0.3 is 0 Å². The number of pyridine rings is 1. The highest BCUT2D eigenvalue weighted by atomic mass is 16.3. The van der Waals surface area contributed by atoms with Gasteiger partial charge in [0.2, 0.25) is 11.8 Å². The molecule has 0 aliphatic heterocycles. The molecule has 0 fully saturated rings. The Hall–Kier alpha value is -3.52. The third kappa shape index (κ3) is 7.73. The number of hydrogen-bond acceptors (Lipinski definition) is 8. The minimum atomic E-state index is 0.171. The van der Waals surface area contributed by atoms with E-state index in [1.807, 2.05) is 26.0 Å². The van der Waals surface area contributed by atoms with Crippen molar-refractivity contribution in [3.8, 4) is 11.5 Å². The third-order valence-electron chi connectivity index (χ3n) is 6.36. The molecule has 37 heavy (non-hydrogen) atoms. The first-order valence-corrected chi connectivity index (χ1v) is 13.2. The van der Waals surface area contributed by atoms with Gasteiger partial charge < -0.3 is 20.2 Å². The monoisotopic (exact) mass is 504 g/mol. The Labute approximate surface area is 220 Å². The number of aromatic nitrogens is 4. The maximum Gasteiger partial charge on any atom is 0.234 e. The topological polar surface area (TPSA) is 109 Å². The lowest BCUT2D eigenvalue weighted by atomic mass is 10.0. The van der Waals surface area contributed by atoms with Crippen LogP contribution in [0, 0.1) is 12.8 Å². The van der Waals surface area contributed by atoms with Gasteiger partial charge in [0.1, 0.15) is 11.4 Å². The van der Waals surface area contributed by atoms with Crippen molar-refractivity contribution in [2.24, 2.45) is 5.92 Å². The van der Waals surface area contributed by atoms with Gasteiger partial charge in [-0.1, -0.05) is 57.1 Å². The third-order valence-corrected chi connectivity index (χ3v) is 6.36. The Morgan fingerprint density at radius 3 is 2.59 bits per heavy atom.